The number of carboxylic acid groups (broad SMARTS) is 1. The summed E-state index contributed by atoms with van der Waals surface area (Å²) in [5.41, 5.74) is -0.765. The molecule has 1 unspecified atom stereocenters. The molecule has 2 N–H and O–H groups in total. The lowest BCUT2D eigenvalue weighted by Gasteiger charge is -2.40. The molecule has 2 heterocycles. The highest BCUT2D eigenvalue weighted by Crippen LogP contribution is 2.34. The van der Waals surface area contributed by atoms with Gasteiger partial charge in [0.05, 0.1) is 11.5 Å². The Kier molecular flexibility index (Phi) is 4.68. The standard InChI is InChI=1S/C15H26N2O3/c1-15(2,14(19)20)11-6-5-9-17(10-11)13(18)12-7-3-4-8-16-12/h11-12,16H,3-10H2,1-2H3,(H,19,20)/t11?,12-/m0/s1. The first-order valence-corrected chi connectivity index (χ1v) is 7.68. The molecular weight excluding hydrogens is 256 g/mol. The van der Waals surface area contributed by atoms with Crippen molar-refractivity contribution in [3.8, 4) is 0 Å². The topological polar surface area (TPSA) is 69.6 Å². The molecular formula is C15H26N2O3. The van der Waals surface area contributed by atoms with Gasteiger partial charge in [-0.15, -0.1) is 0 Å². The predicted octanol–water partition coefficient (Wildman–Crippen LogP) is 1.48. The highest BCUT2D eigenvalue weighted by Gasteiger charge is 2.40. The average molecular weight is 282 g/mol. The molecule has 2 fully saturated rings. The Morgan fingerprint density at radius 1 is 1.20 bits per heavy atom. The zero-order chi connectivity index (χ0) is 14.8. The lowest BCUT2D eigenvalue weighted by molar-refractivity contribution is -0.153. The van der Waals surface area contributed by atoms with Crippen molar-refractivity contribution in [3.63, 3.8) is 0 Å². The maximum atomic E-state index is 12.5. The second-order valence-corrected chi connectivity index (χ2v) is 6.65. The van der Waals surface area contributed by atoms with E-state index in [4.69, 9.17) is 0 Å². The first kappa shape index (κ1) is 15.3. The largest absolute Gasteiger partial charge is 0.481 e. The minimum absolute atomic E-state index is 0.0429. The summed E-state index contributed by atoms with van der Waals surface area (Å²) < 4.78 is 0. The zero-order valence-electron chi connectivity index (χ0n) is 12.5. The van der Waals surface area contributed by atoms with Gasteiger partial charge in [0.2, 0.25) is 5.91 Å². The third kappa shape index (κ3) is 3.14. The summed E-state index contributed by atoms with van der Waals surface area (Å²) in [7, 11) is 0. The van der Waals surface area contributed by atoms with Crippen LogP contribution in [0.15, 0.2) is 0 Å². The van der Waals surface area contributed by atoms with E-state index < -0.39 is 11.4 Å². The van der Waals surface area contributed by atoms with Gasteiger partial charge in [0.1, 0.15) is 0 Å². The lowest BCUT2D eigenvalue weighted by Crippen LogP contribution is -2.53. The fourth-order valence-electron chi connectivity index (χ4n) is 3.22. The van der Waals surface area contributed by atoms with Gasteiger partial charge in [-0.2, -0.15) is 0 Å². The third-order valence-corrected chi connectivity index (χ3v) is 4.91. The summed E-state index contributed by atoms with van der Waals surface area (Å²) in [5.74, 6) is -0.565. The molecule has 0 spiro atoms. The van der Waals surface area contributed by atoms with E-state index in [0.29, 0.717) is 6.54 Å². The number of nitrogens with zero attached hydrogens (tertiary/aromatic N) is 1. The van der Waals surface area contributed by atoms with Crippen LogP contribution in [0.4, 0.5) is 0 Å². The van der Waals surface area contributed by atoms with Crippen LogP contribution in [0.2, 0.25) is 0 Å². The van der Waals surface area contributed by atoms with Crippen molar-refractivity contribution in [1.29, 1.82) is 0 Å². The quantitative estimate of drug-likeness (QED) is 0.822. The van der Waals surface area contributed by atoms with Crippen molar-refractivity contribution >= 4 is 11.9 Å². The molecule has 114 valence electrons. The first-order valence-electron chi connectivity index (χ1n) is 7.68. The monoisotopic (exact) mass is 282 g/mol. The molecule has 2 aliphatic heterocycles. The van der Waals surface area contributed by atoms with Crippen molar-refractivity contribution in [1.82, 2.24) is 10.2 Å². The number of hydrogen-bond donors (Lipinski definition) is 2. The molecule has 20 heavy (non-hydrogen) atoms. The maximum Gasteiger partial charge on any atom is 0.309 e. The van der Waals surface area contributed by atoms with Crippen LogP contribution < -0.4 is 5.32 Å². The molecule has 0 aliphatic carbocycles. The molecule has 1 amide bonds. The van der Waals surface area contributed by atoms with Gasteiger partial charge in [-0.1, -0.05) is 6.42 Å². The Balaban J connectivity index is 1.99. The van der Waals surface area contributed by atoms with Crippen molar-refractivity contribution in [2.45, 2.75) is 52.0 Å². The Bertz CT molecular complexity index is 375. The summed E-state index contributed by atoms with van der Waals surface area (Å²) in [6.45, 7) is 5.80. The number of piperidine rings is 2. The summed E-state index contributed by atoms with van der Waals surface area (Å²) in [6, 6.07) is -0.0598. The van der Waals surface area contributed by atoms with Gasteiger partial charge >= 0.3 is 5.97 Å². The van der Waals surface area contributed by atoms with Crippen molar-refractivity contribution in [3.05, 3.63) is 0 Å². The number of carboxylic acids is 1. The minimum Gasteiger partial charge on any atom is -0.481 e. The van der Waals surface area contributed by atoms with Crippen LogP contribution in [-0.4, -0.2) is 47.6 Å². The maximum absolute atomic E-state index is 12.5. The number of amides is 1. The molecule has 0 radical (unpaired) electrons. The van der Waals surface area contributed by atoms with Crippen LogP contribution in [0.25, 0.3) is 0 Å². The van der Waals surface area contributed by atoms with Crippen LogP contribution in [0.5, 0.6) is 0 Å². The van der Waals surface area contributed by atoms with E-state index in [9.17, 15) is 14.7 Å². The van der Waals surface area contributed by atoms with Gasteiger partial charge < -0.3 is 15.3 Å². The first-order chi connectivity index (χ1) is 9.43. The second kappa shape index (κ2) is 6.12. The normalized spacial score (nSPS) is 28.2. The van der Waals surface area contributed by atoms with Gasteiger partial charge in [-0.05, 0) is 52.0 Å². The van der Waals surface area contributed by atoms with Gasteiger partial charge in [0, 0.05) is 13.1 Å². The number of aliphatic carboxylic acids is 1. The molecule has 2 aliphatic rings. The molecule has 0 saturated carbocycles. The van der Waals surface area contributed by atoms with Crippen molar-refractivity contribution in [2.75, 3.05) is 19.6 Å². The zero-order valence-corrected chi connectivity index (χ0v) is 12.5. The molecule has 5 nitrogen and oxygen atoms in total. The summed E-state index contributed by atoms with van der Waals surface area (Å²) in [5, 5.41) is 12.6. The van der Waals surface area contributed by atoms with Crippen LogP contribution >= 0.6 is 0 Å². The van der Waals surface area contributed by atoms with E-state index in [-0.39, 0.29) is 17.9 Å². The van der Waals surface area contributed by atoms with E-state index in [0.717, 1.165) is 45.2 Å². The van der Waals surface area contributed by atoms with Crippen LogP contribution in [0, 0.1) is 11.3 Å². The summed E-state index contributed by atoms with van der Waals surface area (Å²) >= 11 is 0. The summed E-state index contributed by atoms with van der Waals surface area (Å²) in [4.78, 5) is 25.8. The van der Waals surface area contributed by atoms with E-state index in [1.807, 2.05) is 4.90 Å². The number of nitrogens with one attached hydrogen (secondary N) is 1. The smallest absolute Gasteiger partial charge is 0.309 e. The minimum atomic E-state index is -0.771. The Hall–Kier alpha value is -1.10. The Morgan fingerprint density at radius 2 is 1.95 bits per heavy atom. The molecule has 5 heteroatoms. The molecule has 0 aromatic heterocycles. The number of rotatable bonds is 3. The van der Waals surface area contributed by atoms with Gasteiger partial charge in [0.15, 0.2) is 0 Å². The lowest BCUT2D eigenvalue weighted by atomic mass is 9.74. The SMILES string of the molecule is CC(C)(C(=O)O)C1CCCN(C(=O)[C@@H]2CCCCN2)C1. The fourth-order valence-corrected chi connectivity index (χ4v) is 3.22. The molecule has 0 aromatic rings. The number of carbonyl (C=O) groups excluding carboxylic acids is 1. The van der Waals surface area contributed by atoms with Gasteiger partial charge in [-0.3, -0.25) is 9.59 Å². The van der Waals surface area contributed by atoms with E-state index >= 15 is 0 Å². The number of likely N-dealkylation sites (tertiary alicyclic amines) is 1. The van der Waals surface area contributed by atoms with Crippen LogP contribution in [0.1, 0.15) is 46.0 Å². The highest BCUT2D eigenvalue weighted by atomic mass is 16.4. The third-order valence-electron chi connectivity index (χ3n) is 4.91. The second-order valence-electron chi connectivity index (χ2n) is 6.65. The van der Waals surface area contributed by atoms with E-state index in [2.05, 4.69) is 5.32 Å². The number of carbonyl (C=O) groups is 2. The molecule has 0 aromatic carbocycles. The Labute approximate surface area is 120 Å². The number of hydrogen-bond acceptors (Lipinski definition) is 3. The Morgan fingerprint density at radius 3 is 2.55 bits per heavy atom. The van der Waals surface area contributed by atoms with E-state index in [1.165, 1.54) is 0 Å². The average Bonchev–Trinajstić information content (AvgIpc) is 2.47. The van der Waals surface area contributed by atoms with Crippen molar-refractivity contribution < 1.29 is 14.7 Å². The molecule has 2 saturated heterocycles. The highest BCUT2D eigenvalue weighted by molar-refractivity contribution is 5.82. The van der Waals surface area contributed by atoms with Crippen molar-refractivity contribution in [2.24, 2.45) is 11.3 Å². The molecule has 0 bridgehead atoms. The van der Waals surface area contributed by atoms with Crippen LogP contribution in [-0.2, 0) is 9.59 Å². The van der Waals surface area contributed by atoms with Gasteiger partial charge in [-0.25, -0.2) is 0 Å². The van der Waals surface area contributed by atoms with E-state index in [1.54, 1.807) is 13.8 Å². The molecule has 2 atom stereocenters. The fraction of sp³-hybridized carbons (Fsp3) is 0.867. The predicted molar refractivity (Wildman–Crippen MR) is 76.4 cm³/mol. The van der Waals surface area contributed by atoms with Crippen LogP contribution in [0.3, 0.4) is 0 Å². The summed E-state index contributed by atoms with van der Waals surface area (Å²) in [6.07, 6.45) is 4.93. The van der Waals surface area contributed by atoms with Gasteiger partial charge in [0.25, 0.3) is 0 Å². The molecule has 2 rings (SSSR count).